The first-order valence-electron chi connectivity index (χ1n) is 6.31. The Hall–Kier alpha value is -2.13. The van der Waals surface area contributed by atoms with E-state index in [1.807, 2.05) is 6.07 Å². The Balaban J connectivity index is 2.18. The van der Waals surface area contributed by atoms with Crippen molar-refractivity contribution in [3.05, 3.63) is 33.9 Å². The SMILES string of the molecule is N#Cc1cc(NC2CCCC2CN)ccc1[N+](=O)[O-]. The summed E-state index contributed by atoms with van der Waals surface area (Å²) in [5, 5.41) is 23.0. The van der Waals surface area contributed by atoms with Crippen molar-refractivity contribution < 1.29 is 4.92 Å². The largest absolute Gasteiger partial charge is 0.382 e. The molecule has 2 atom stereocenters. The van der Waals surface area contributed by atoms with Crippen molar-refractivity contribution in [3.63, 3.8) is 0 Å². The van der Waals surface area contributed by atoms with Crippen LogP contribution in [0.4, 0.5) is 11.4 Å². The van der Waals surface area contributed by atoms with Crippen LogP contribution in [0.2, 0.25) is 0 Å². The number of anilines is 1. The number of nitrogens with two attached hydrogens (primary N) is 1. The number of nitro benzene ring substituents is 1. The lowest BCUT2D eigenvalue weighted by molar-refractivity contribution is -0.385. The zero-order chi connectivity index (χ0) is 13.8. The second-order valence-corrected chi connectivity index (χ2v) is 4.78. The molecule has 100 valence electrons. The Kier molecular flexibility index (Phi) is 3.97. The average molecular weight is 260 g/mol. The second kappa shape index (κ2) is 5.67. The Morgan fingerprint density at radius 2 is 2.32 bits per heavy atom. The standard InChI is InChI=1S/C13H16N4O2/c14-7-9-2-1-3-12(9)16-11-4-5-13(17(18)19)10(6-11)8-15/h4-6,9,12,16H,1-3,7,14H2. The van der Waals surface area contributed by atoms with Crippen molar-refractivity contribution in [1.82, 2.24) is 0 Å². The molecule has 0 heterocycles. The summed E-state index contributed by atoms with van der Waals surface area (Å²) in [7, 11) is 0. The molecule has 1 aromatic rings. The summed E-state index contributed by atoms with van der Waals surface area (Å²) < 4.78 is 0. The fourth-order valence-corrected chi connectivity index (χ4v) is 2.60. The first-order valence-corrected chi connectivity index (χ1v) is 6.31. The molecule has 1 saturated carbocycles. The predicted molar refractivity (Wildman–Crippen MR) is 71.6 cm³/mol. The van der Waals surface area contributed by atoms with Crippen molar-refractivity contribution in [3.8, 4) is 6.07 Å². The third kappa shape index (κ3) is 2.83. The molecule has 1 aliphatic carbocycles. The minimum Gasteiger partial charge on any atom is -0.382 e. The Morgan fingerprint density at radius 3 is 2.95 bits per heavy atom. The molecule has 3 N–H and O–H groups in total. The Morgan fingerprint density at radius 1 is 1.53 bits per heavy atom. The number of hydrogen-bond donors (Lipinski definition) is 2. The summed E-state index contributed by atoms with van der Waals surface area (Å²) in [5.74, 6) is 0.431. The van der Waals surface area contributed by atoms with Crippen molar-refractivity contribution in [1.29, 1.82) is 5.26 Å². The van der Waals surface area contributed by atoms with Crippen LogP contribution in [0, 0.1) is 27.4 Å². The van der Waals surface area contributed by atoms with E-state index >= 15 is 0 Å². The van der Waals surface area contributed by atoms with Gasteiger partial charge >= 0.3 is 0 Å². The lowest BCUT2D eigenvalue weighted by atomic mass is 10.0. The van der Waals surface area contributed by atoms with E-state index in [-0.39, 0.29) is 17.3 Å². The van der Waals surface area contributed by atoms with E-state index in [9.17, 15) is 10.1 Å². The molecule has 0 aliphatic heterocycles. The van der Waals surface area contributed by atoms with Gasteiger partial charge in [0.1, 0.15) is 11.6 Å². The number of nitrogens with one attached hydrogen (secondary N) is 1. The molecule has 2 rings (SSSR count). The number of nitriles is 1. The van der Waals surface area contributed by atoms with E-state index in [2.05, 4.69) is 5.32 Å². The third-order valence-corrected chi connectivity index (χ3v) is 3.63. The molecule has 0 saturated heterocycles. The maximum absolute atomic E-state index is 10.8. The lowest BCUT2D eigenvalue weighted by Crippen LogP contribution is -2.29. The van der Waals surface area contributed by atoms with Gasteiger partial charge in [0.2, 0.25) is 0 Å². The zero-order valence-corrected chi connectivity index (χ0v) is 10.5. The van der Waals surface area contributed by atoms with Gasteiger partial charge < -0.3 is 11.1 Å². The summed E-state index contributed by atoms with van der Waals surface area (Å²) in [6.45, 7) is 0.635. The van der Waals surface area contributed by atoms with Crippen LogP contribution in [-0.2, 0) is 0 Å². The van der Waals surface area contributed by atoms with Crippen molar-refractivity contribution in [2.75, 3.05) is 11.9 Å². The molecule has 0 spiro atoms. The van der Waals surface area contributed by atoms with Crippen LogP contribution in [0.15, 0.2) is 18.2 Å². The van der Waals surface area contributed by atoms with Crippen molar-refractivity contribution >= 4 is 11.4 Å². The maximum Gasteiger partial charge on any atom is 0.287 e. The summed E-state index contributed by atoms with van der Waals surface area (Å²) >= 11 is 0. The van der Waals surface area contributed by atoms with Crippen LogP contribution in [0.1, 0.15) is 24.8 Å². The normalized spacial score (nSPS) is 21.9. The van der Waals surface area contributed by atoms with Crippen LogP contribution in [0.3, 0.4) is 0 Å². The van der Waals surface area contributed by atoms with Gasteiger partial charge in [0.25, 0.3) is 5.69 Å². The predicted octanol–water partition coefficient (Wildman–Crippen LogP) is 2.01. The summed E-state index contributed by atoms with van der Waals surface area (Å²) in [6, 6.07) is 6.69. The Labute approximate surface area is 111 Å². The topological polar surface area (TPSA) is 105 Å². The summed E-state index contributed by atoms with van der Waals surface area (Å²) in [4.78, 5) is 10.2. The highest BCUT2D eigenvalue weighted by Crippen LogP contribution is 2.29. The van der Waals surface area contributed by atoms with E-state index in [1.54, 1.807) is 6.07 Å². The first kappa shape index (κ1) is 13.3. The summed E-state index contributed by atoms with van der Waals surface area (Å²) in [5.41, 5.74) is 6.38. The molecule has 1 aromatic carbocycles. The van der Waals surface area contributed by atoms with Gasteiger partial charge in [-0.25, -0.2) is 0 Å². The van der Waals surface area contributed by atoms with E-state index in [1.165, 1.54) is 12.1 Å². The molecular weight excluding hydrogens is 244 g/mol. The highest BCUT2D eigenvalue weighted by molar-refractivity contribution is 5.59. The van der Waals surface area contributed by atoms with Gasteiger partial charge in [0.15, 0.2) is 0 Å². The molecule has 2 unspecified atom stereocenters. The minimum absolute atomic E-state index is 0.0808. The molecule has 0 aromatic heterocycles. The van der Waals surface area contributed by atoms with Crippen LogP contribution in [0.5, 0.6) is 0 Å². The van der Waals surface area contributed by atoms with Gasteiger partial charge in [-0.15, -0.1) is 0 Å². The molecule has 0 bridgehead atoms. The van der Waals surface area contributed by atoms with Crippen LogP contribution >= 0.6 is 0 Å². The van der Waals surface area contributed by atoms with Crippen molar-refractivity contribution in [2.45, 2.75) is 25.3 Å². The van der Waals surface area contributed by atoms with Crippen molar-refractivity contribution in [2.24, 2.45) is 11.7 Å². The molecule has 1 fully saturated rings. The van der Waals surface area contributed by atoms with Crippen LogP contribution < -0.4 is 11.1 Å². The van der Waals surface area contributed by atoms with E-state index in [4.69, 9.17) is 11.0 Å². The molecule has 1 aliphatic rings. The van der Waals surface area contributed by atoms with Crippen LogP contribution in [-0.4, -0.2) is 17.5 Å². The second-order valence-electron chi connectivity index (χ2n) is 4.78. The van der Waals surface area contributed by atoms with Gasteiger partial charge in [-0.05, 0) is 37.4 Å². The number of rotatable bonds is 4. The minimum atomic E-state index is -0.541. The number of nitrogens with zero attached hydrogens (tertiary/aromatic N) is 2. The molecular formula is C13H16N4O2. The Bertz CT molecular complexity index is 524. The molecule has 0 amide bonds. The third-order valence-electron chi connectivity index (χ3n) is 3.63. The number of nitro groups is 1. The lowest BCUT2D eigenvalue weighted by Gasteiger charge is -2.20. The fourth-order valence-electron chi connectivity index (χ4n) is 2.60. The zero-order valence-electron chi connectivity index (χ0n) is 10.5. The smallest absolute Gasteiger partial charge is 0.287 e. The molecule has 0 radical (unpaired) electrons. The molecule has 19 heavy (non-hydrogen) atoms. The van der Waals surface area contributed by atoms with Gasteiger partial charge in [0.05, 0.1) is 4.92 Å². The maximum atomic E-state index is 10.8. The molecule has 6 heteroatoms. The van der Waals surface area contributed by atoms with E-state index < -0.39 is 4.92 Å². The highest BCUT2D eigenvalue weighted by Gasteiger charge is 2.26. The van der Waals surface area contributed by atoms with Gasteiger partial charge in [-0.2, -0.15) is 5.26 Å². The number of hydrogen-bond acceptors (Lipinski definition) is 5. The summed E-state index contributed by atoms with van der Waals surface area (Å²) in [6.07, 6.45) is 3.28. The fraction of sp³-hybridized carbons (Fsp3) is 0.462. The van der Waals surface area contributed by atoms with E-state index in [0.717, 1.165) is 24.9 Å². The number of benzene rings is 1. The van der Waals surface area contributed by atoms with Gasteiger partial charge in [0, 0.05) is 17.8 Å². The highest BCUT2D eigenvalue weighted by atomic mass is 16.6. The van der Waals surface area contributed by atoms with E-state index in [0.29, 0.717) is 12.5 Å². The quantitative estimate of drug-likeness (QED) is 0.636. The first-order chi connectivity index (χ1) is 9.15. The van der Waals surface area contributed by atoms with Gasteiger partial charge in [-0.3, -0.25) is 10.1 Å². The average Bonchev–Trinajstić information content (AvgIpc) is 2.85. The van der Waals surface area contributed by atoms with Gasteiger partial charge in [-0.1, -0.05) is 6.42 Å². The van der Waals surface area contributed by atoms with Crippen LogP contribution in [0.25, 0.3) is 0 Å². The monoisotopic (exact) mass is 260 g/mol. The molecule has 6 nitrogen and oxygen atoms in total.